The number of rotatable bonds is 7. The maximum Gasteiger partial charge on any atom is 0.274 e. The topological polar surface area (TPSA) is 63.2 Å². The van der Waals surface area contributed by atoms with Crippen molar-refractivity contribution in [2.45, 2.75) is 33.3 Å². The van der Waals surface area contributed by atoms with Crippen molar-refractivity contribution in [2.24, 2.45) is 0 Å². The fourth-order valence-electron chi connectivity index (χ4n) is 2.02. The first-order valence-corrected chi connectivity index (χ1v) is 7.86. The number of hydrogen-bond acceptors (Lipinski definition) is 4. The van der Waals surface area contributed by atoms with E-state index in [0.717, 1.165) is 24.4 Å². The zero-order valence-corrected chi connectivity index (χ0v) is 13.8. The summed E-state index contributed by atoms with van der Waals surface area (Å²) in [5, 5.41) is 6.08. The second-order valence-corrected chi connectivity index (χ2v) is 5.50. The Morgan fingerprint density at radius 2 is 1.91 bits per heavy atom. The molecule has 0 unspecified atom stereocenters. The zero-order chi connectivity index (χ0) is 16.7. The van der Waals surface area contributed by atoms with Crippen molar-refractivity contribution in [1.82, 2.24) is 4.98 Å². The number of carbonyl (C=O) groups is 1. The van der Waals surface area contributed by atoms with E-state index < -0.39 is 0 Å². The minimum absolute atomic E-state index is 0.123. The zero-order valence-electron chi connectivity index (χ0n) is 13.8. The van der Waals surface area contributed by atoms with Gasteiger partial charge >= 0.3 is 0 Å². The van der Waals surface area contributed by atoms with Gasteiger partial charge in [-0.3, -0.25) is 9.78 Å². The molecule has 23 heavy (non-hydrogen) atoms. The highest BCUT2D eigenvalue weighted by atomic mass is 16.5. The average molecular weight is 313 g/mol. The van der Waals surface area contributed by atoms with Crippen LogP contribution in [-0.2, 0) is 0 Å². The van der Waals surface area contributed by atoms with Gasteiger partial charge in [0.25, 0.3) is 5.91 Å². The van der Waals surface area contributed by atoms with Gasteiger partial charge in [0.15, 0.2) is 0 Å². The number of aromatic nitrogens is 1. The number of nitrogens with zero attached hydrogens (tertiary/aromatic N) is 1. The highest BCUT2D eigenvalue weighted by Crippen LogP contribution is 2.18. The minimum Gasteiger partial charge on any atom is -0.491 e. The lowest BCUT2D eigenvalue weighted by molar-refractivity contribution is 0.102. The van der Waals surface area contributed by atoms with Gasteiger partial charge in [0.1, 0.15) is 11.4 Å². The van der Waals surface area contributed by atoms with Crippen molar-refractivity contribution in [3.05, 3.63) is 48.3 Å². The molecule has 0 bridgehead atoms. The summed E-state index contributed by atoms with van der Waals surface area (Å²) in [6, 6.07) is 10.9. The average Bonchev–Trinajstić information content (AvgIpc) is 2.54. The molecule has 2 N–H and O–H groups in total. The fraction of sp³-hybridized carbons (Fsp3) is 0.333. The SMILES string of the molecule is CCCNc1ccnc(C(=O)Nc2ccc(OC(C)C)cc2)c1. The van der Waals surface area contributed by atoms with Gasteiger partial charge in [-0.25, -0.2) is 0 Å². The predicted molar refractivity (Wildman–Crippen MR) is 93.2 cm³/mol. The number of ether oxygens (including phenoxy) is 1. The van der Waals surface area contributed by atoms with Crippen molar-refractivity contribution in [3.8, 4) is 5.75 Å². The molecule has 1 amide bonds. The van der Waals surface area contributed by atoms with Gasteiger partial charge in [0.05, 0.1) is 6.10 Å². The summed E-state index contributed by atoms with van der Waals surface area (Å²) in [7, 11) is 0. The molecular formula is C18H23N3O2. The van der Waals surface area contributed by atoms with Crippen LogP contribution in [0.3, 0.4) is 0 Å². The maximum atomic E-state index is 12.3. The van der Waals surface area contributed by atoms with Gasteiger partial charge in [-0.05, 0) is 56.7 Å². The summed E-state index contributed by atoms with van der Waals surface area (Å²) in [6.07, 6.45) is 2.78. The van der Waals surface area contributed by atoms with Crippen LogP contribution in [-0.4, -0.2) is 23.5 Å². The number of benzene rings is 1. The van der Waals surface area contributed by atoms with E-state index in [1.807, 2.05) is 44.2 Å². The van der Waals surface area contributed by atoms with Gasteiger partial charge in [-0.15, -0.1) is 0 Å². The van der Waals surface area contributed by atoms with Crippen molar-refractivity contribution in [1.29, 1.82) is 0 Å². The van der Waals surface area contributed by atoms with Gasteiger partial charge in [0.2, 0.25) is 0 Å². The molecule has 2 rings (SSSR count). The summed E-state index contributed by atoms with van der Waals surface area (Å²) >= 11 is 0. The molecule has 1 aromatic carbocycles. The molecule has 5 heteroatoms. The lowest BCUT2D eigenvalue weighted by Gasteiger charge is -2.11. The smallest absolute Gasteiger partial charge is 0.274 e. The Morgan fingerprint density at radius 3 is 2.57 bits per heavy atom. The van der Waals surface area contributed by atoms with Crippen LogP contribution < -0.4 is 15.4 Å². The Bertz CT molecular complexity index is 639. The molecule has 0 aliphatic rings. The normalized spacial score (nSPS) is 10.4. The molecule has 1 aromatic heterocycles. The number of hydrogen-bond donors (Lipinski definition) is 2. The molecule has 122 valence electrons. The summed E-state index contributed by atoms with van der Waals surface area (Å²) in [4.78, 5) is 16.4. The summed E-state index contributed by atoms with van der Waals surface area (Å²) in [6.45, 7) is 6.90. The van der Waals surface area contributed by atoms with E-state index in [4.69, 9.17) is 4.74 Å². The Labute approximate surface area is 137 Å². The van der Waals surface area contributed by atoms with Crippen LogP contribution in [0.25, 0.3) is 0 Å². The van der Waals surface area contributed by atoms with Crippen LogP contribution in [0, 0.1) is 0 Å². The first-order chi connectivity index (χ1) is 11.1. The number of carbonyl (C=O) groups excluding carboxylic acids is 1. The van der Waals surface area contributed by atoms with Gasteiger partial charge < -0.3 is 15.4 Å². The van der Waals surface area contributed by atoms with Gasteiger partial charge in [-0.2, -0.15) is 0 Å². The second kappa shape index (κ2) is 8.17. The molecule has 0 radical (unpaired) electrons. The van der Waals surface area contributed by atoms with Crippen molar-refractivity contribution < 1.29 is 9.53 Å². The van der Waals surface area contributed by atoms with Crippen LogP contribution in [0.5, 0.6) is 5.75 Å². The fourth-order valence-corrected chi connectivity index (χ4v) is 2.02. The predicted octanol–water partition coefficient (Wildman–Crippen LogP) is 3.94. The molecule has 0 fully saturated rings. The summed E-state index contributed by atoms with van der Waals surface area (Å²) in [5.74, 6) is 0.546. The third kappa shape index (κ3) is 5.29. The van der Waals surface area contributed by atoms with Crippen LogP contribution in [0.2, 0.25) is 0 Å². The van der Waals surface area contributed by atoms with E-state index in [1.54, 1.807) is 12.3 Å². The van der Waals surface area contributed by atoms with Gasteiger partial charge in [-0.1, -0.05) is 6.92 Å². The minimum atomic E-state index is -0.234. The Balaban J connectivity index is 2.01. The molecule has 2 aromatic rings. The Hall–Kier alpha value is -2.56. The third-order valence-corrected chi connectivity index (χ3v) is 3.06. The van der Waals surface area contributed by atoms with E-state index >= 15 is 0 Å². The van der Waals surface area contributed by atoms with Gasteiger partial charge in [0, 0.05) is 24.1 Å². The molecule has 0 atom stereocenters. The van der Waals surface area contributed by atoms with Crippen LogP contribution in [0.4, 0.5) is 11.4 Å². The van der Waals surface area contributed by atoms with E-state index in [9.17, 15) is 4.79 Å². The van der Waals surface area contributed by atoms with E-state index in [2.05, 4.69) is 22.5 Å². The molecule has 0 aliphatic carbocycles. The molecule has 0 saturated heterocycles. The van der Waals surface area contributed by atoms with E-state index in [-0.39, 0.29) is 12.0 Å². The highest BCUT2D eigenvalue weighted by molar-refractivity contribution is 6.03. The standard InChI is InChI=1S/C18H23N3O2/c1-4-10-19-15-9-11-20-17(12-15)18(22)21-14-5-7-16(8-6-14)23-13(2)3/h5-9,11-13H,4,10H2,1-3H3,(H,19,20)(H,21,22). The van der Waals surface area contributed by atoms with Crippen LogP contribution >= 0.6 is 0 Å². The first kappa shape index (κ1) is 16.8. The van der Waals surface area contributed by atoms with Crippen molar-refractivity contribution in [2.75, 3.05) is 17.2 Å². The number of pyridine rings is 1. The molecular weight excluding hydrogens is 290 g/mol. The number of amides is 1. The highest BCUT2D eigenvalue weighted by Gasteiger charge is 2.08. The lowest BCUT2D eigenvalue weighted by Crippen LogP contribution is -2.14. The summed E-state index contributed by atoms with van der Waals surface area (Å²) < 4.78 is 5.58. The van der Waals surface area contributed by atoms with Crippen molar-refractivity contribution in [3.63, 3.8) is 0 Å². The van der Waals surface area contributed by atoms with E-state index in [0.29, 0.717) is 11.4 Å². The molecule has 0 aliphatic heterocycles. The third-order valence-electron chi connectivity index (χ3n) is 3.06. The Morgan fingerprint density at radius 1 is 1.17 bits per heavy atom. The monoisotopic (exact) mass is 313 g/mol. The first-order valence-electron chi connectivity index (χ1n) is 7.86. The van der Waals surface area contributed by atoms with E-state index in [1.165, 1.54) is 0 Å². The molecule has 5 nitrogen and oxygen atoms in total. The summed E-state index contributed by atoms with van der Waals surface area (Å²) in [5.41, 5.74) is 1.99. The lowest BCUT2D eigenvalue weighted by atomic mass is 10.2. The molecule has 0 spiro atoms. The second-order valence-electron chi connectivity index (χ2n) is 5.50. The molecule has 0 saturated carbocycles. The Kier molecular flexibility index (Phi) is 5.97. The van der Waals surface area contributed by atoms with Crippen LogP contribution in [0.15, 0.2) is 42.6 Å². The molecule has 1 heterocycles. The quantitative estimate of drug-likeness (QED) is 0.812. The van der Waals surface area contributed by atoms with Crippen LogP contribution in [0.1, 0.15) is 37.7 Å². The number of anilines is 2. The number of nitrogens with one attached hydrogen (secondary N) is 2. The maximum absolute atomic E-state index is 12.3. The largest absolute Gasteiger partial charge is 0.491 e. The van der Waals surface area contributed by atoms with Crippen molar-refractivity contribution >= 4 is 17.3 Å².